The standard InChI is InChI=1S/C34H28N8O15S4.4Na/c1-15-5-26(29(57-2)13-24(15)38-41-27-10-19(58(45,46)47)6-17-7-20(59(48,49)50)11-28(43)32(17)27)40-42-33-31(61(54,55)56)8-16-3-4-18(9-21(16)34(33)44)37-39-25-14-30(60(51,52)53)23(36)12-22(25)35;;;;/h3-14,43-44H,35-36H2,1-2H3,(H,45,46,47)(H,48,49,50)(H,51,52,53)(H,54,55,56);;;;/q;4*+1/p-4. The van der Waals surface area contributed by atoms with Crippen molar-refractivity contribution in [1.82, 2.24) is 0 Å². The molecular weight excluding hydrogens is 981 g/mol. The third-order valence-corrected chi connectivity index (χ3v) is 11.9. The molecule has 0 aliphatic heterocycles. The van der Waals surface area contributed by atoms with Gasteiger partial charge in [0.25, 0.3) is 20.2 Å². The fourth-order valence-corrected chi connectivity index (χ4v) is 8.01. The summed E-state index contributed by atoms with van der Waals surface area (Å²) in [6, 6.07) is 11.7. The summed E-state index contributed by atoms with van der Waals surface area (Å²) in [5.74, 6) is -2.24. The van der Waals surface area contributed by atoms with Gasteiger partial charge in [0.15, 0.2) is 0 Å². The Balaban J connectivity index is 0.00000363. The fraction of sp³-hybridized carbons (Fsp3) is 0.0588. The second kappa shape index (κ2) is 22.1. The number of rotatable bonds is 11. The van der Waals surface area contributed by atoms with Gasteiger partial charge < -0.3 is 35.5 Å². The van der Waals surface area contributed by atoms with Crippen molar-refractivity contribution in [1.29, 1.82) is 0 Å². The molecule has 0 saturated carbocycles. The number of benzene rings is 6. The summed E-state index contributed by atoms with van der Waals surface area (Å²) in [5, 5.41) is 49.2. The van der Waals surface area contributed by atoms with E-state index in [1.807, 2.05) is 0 Å². The molecule has 0 heterocycles. The zero-order chi connectivity index (χ0) is 45.0. The first-order valence-electron chi connectivity index (χ1n) is 16.3. The van der Waals surface area contributed by atoms with Crippen LogP contribution >= 0.6 is 0 Å². The molecule has 0 fully saturated rings. The van der Waals surface area contributed by atoms with Crippen molar-refractivity contribution in [3.05, 3.63) is 78.4 Å². The molecule has 0 radical (unpaired) electrons. The van der Waals surface area contributed by atoms with Crippen LogP contribution in [0.4, 0.5) is 45.5 Å². The van der Waals surface area contributed by atoms with Gasteiger partial charge in [-0.25, -0.2) is 16.8 Å². The minimum absolute atomic E-state index is 0. The smallest absolute Gasteiger partial charge is 0.872 e. The molecule has 0 aliphatic rings. The largest absolute Gasteiger partial charge is 1.00 e. The average Bonchev–Trinajstić information content (AvgIpc) is 3.14. The monoisotopic (exact) mass is 1000 g/mol. The van der Waals surface area contributed by atoms with E-state index in [9.17, 15) is 62.1 Å². The van der Waals surface area contributed by atoms with Gasteiger partial charge in [0.1, 0.15) is 47.2 Å². The van der Waals surface area contributed by atoms with Crippen LogP contribution in [0.25, 0.3) is 21.5 Å². The molecule has 0 spiro atoms. The number of nitrogens with zero attached hydrogens (tertiary/aromatic N) is 6. The molecule has 6 rings (SSSR count). The van der Waals surface area contributed by atoms with Crippen LogP contribution < -0.4 is 145 Å². The minimum Gasteiger partial charge on any atom is -0.872 e. The van der Waals surface area contributed by atoms with Crippen molar-refractivity contribution in [2.75, 3.05) is 18.6 Å². The average molecular weight is 1000 g/mol. The summed E-state index contributed by atoms with van der Waals surface area (Å²) >= 11 is 0. The molecule has 318 valence electrons. The number of azo groups is 3. The Morgan fingerprint density at radius 1 is 0.569 bits per heavy atom. The Morgan fingerprint density at radius 2 is 1.12 bits per heavy atom. The molecule has 65 heavy (non-hydrogen) atoms. The Hall–Kier alpha value is -2.72. The predicted molar refractivity (Wildman–Crippen MR) is 208 cm³/mol. The summed E-state index contributed by atoms with van der Waals surface area (Å²) < 4.78 is 143. The maximum atomic E-state index is 13.7. The molecule has 0 amide bonds. The number of anilines is 2. The predicted octanol–water partition coefficient (Wildman–Crippen LogP) is -6.81. The first-order valence-corrected chi connectivity index (χ1v) is 22.0. The van der Waals surface area contributed by atoms with E-state index in [0.29, 0.717) is 18.2 Å². The molecule has 6 N–H and O–H groups in total. The summed E-state index contributed by atoms with van der Waals surface area (Å²) in [6.45, 7) is 1.46. The number of ether oxygens (including phenoxy) is 1. The van der Waals surface area contributed by atoms with Crippen LogP contribution in [0.5, 0.6) is 17.2 Å². The minimum atomic E-state index is -5.21. The molecule has 6 aromatic carbocycles. The molecule has 31 heteroatoms. The number of hydrogen-bond acceptors (Lipinski definition) is 21. The van der Waals surface area contributed by atoms with E-state index in [4.69, 9.17) is 16.2 Å². The third kappa shape index (κ3) is 13.3. The van der Waals surface area contributed by atoms with Gasteiger partial charge in [0.2, 0.25) is 0 Å². The number of aryl methyl sites for hydroxylation is 1. The van der Waals surface area contributed by atoms with Crippen LogP contribution in [0.2, 0.25) is 0 Å². The molecule has 0 aromatic heterocycles. The van der Waals surface area contributed by atoms with E-state index < -0.39 is 88.3 Å². The van der Waals surface area contributed by atoms with Gasteiger partial charge in [-0.3, -0.25) is 9.11 Å². The first-order chi connectivity index (χ1) is 28.3. The van der Waals surface area contributed by atoms with Crippen molar-refractivity contribution < 1.29 is 185 Å². The van der Waals surface area contributed by atoms with Gasteiger partial charge in [-0.05, 0) is 83.2 Å². The van der Waals surface area contributed by atoms with Crippen molar-refractivity contribution in [2.24, 2.45) is 30.7 Å². The molecule has 0 bridgehead atoms. The van der Waals surface area contributed by atoms with E-state index in [-0.39, 0.29) is 180 Å². The van der Waals surface area contributed by atoms with Crippen molar-refractivity contribution in [2.45, 2.75) is 26.5 Å². The number of nitrogen functional groups attached to an aromatic ring is 2. The Morgan fingerprint density at radius 3 is 1.69 bits per heavy atom. The number of hydrogen-bond donors (Lipinski definition) is 4. The normalized spacial score (nSPS) is 12.2. The Kier molecular flexibility index (Phi) is 19.9. The molecule has 0 aliphatic carbocycles. The Labute approximate surface area is 458 Å². The number of methoxy groups -OCH3 is 1. The summed E-state index contributed by atoms with van der Waals surface area (Å²) in [5.41, 5.74) is 9.49. The van der Waals surface area contributed by atoms with Gasteiger partial charge in [0, 0.05) is 11.5 Å². The Bertz CT molecular complexity index is 3430. The molecule has 6 aromatic rings. The van der Waals surface area contributed by atoms with Crippen LogP contribution in [0, 0.1) is 6.92 Å². The molecule has 0 unspecified atom stereocenters. The topological polar surface area (TPSA) is 405 Å². The van der Waals surface area contributed by atoms with Gasteiger partial charge in [0.05, 0.1) is 51.0 Å². The molecule has 0 atom stereocenters. The zero-order valence-electron chi connectivity index (χ0n) is 34.6. The van der Waals surface area contributed by atoms with Gasteiger partial charge in [-0.15, -0.1) is 20.5 Å². The quantitative estimate of drug-likeness (QED) is 0.0406. The molecular formula is C34H24N8Na4O15S4. The van der Waals surface area contributed by atoms with E-state index in [1.54, 1.807) is 0 Å². The van der Waals surface area contributed by atoms with Crippen molar-refractivity contribution in [3.8, 4) is 17.2 Å². The van der Waals surface area contributed by atoms with Gasteiger partial charge >= 0.3 is 118 Å². The molecule has 23 nitrogen and oxygen atoms in total. The van der Waals surface area contributed by atoms with Crippen LogP contribution in [0.3, 0.4) is 0 Å². The molecule has 0 saturated heterocycles. The second-order valence-corrected chi connectivity index (χ2v) is 18.2. The van der Waals surface area contributed by atoms with E-state index in [2.05, 4.69) is 30.7 Å². The van der Waals surface area contributed by atoms with Crippen LogP contribution in [-0.4, -0.2) is 59.0 Å². The van der Waals surface area contributed by atoms with E-state index in [1.165, 1.54) is 44.4 Å². The SMILES string of the molecule is COc1cc(N=Nc2cc(S(=O)(=O)[O-])cc3cc(S(=O)(=O)[O-])cc([O-])c23)c(C)cc1N=Nc1c(S(=O)(=O)O)cc2ccc(N=Nc3cc(S(=O)(=O)O)c(N)cc3N)cc2c1[O-].[Na+].[Na+].[Na+].[Na+]. The van der Waals surface area contributed by atoms with E-state index >= 15 is 0 Å². The third-order valence-electron chi connectivity index (χ3n) is 8.54. The summed E-state index contributed by atoms with van der Waals surface area (Å²) in [6.07, 6.45) is 0. The number of fused-ring (bicyclic) bond motifs is 2. The van der Waals surface area contributed by atoms with Crippen LogP contribution in [0.1, 0.15) is 5.56 Å². The van der Waals surface area contributed by atoms with Crippen molar-refractivity contribution >= 4 is 108 Å². The van der Waals surface area contributed by atoms with E-state index in [0.717, 1.165) is 24.3 Å². The maximum absolute atomic E-state index is 13.7. The van der Waals surface area contributed by atoms with Crippen LogP contribution in [0.15, 0.2) is 123 Å². The fourth-order valence-electron chi connectivity index (χ4n) is 5.69. The van der Waals surface area contributed by atoms with Gasteiger partial charge in [-0.1, -0.05) is 23.6 Å². The second-order valence-electron chi connectivity index (χ2n) is 12.6. The summed E-state index contributed by atoms with van der Waals surface area (Å²) in [4.78, 5) is -3.52. The van der Waals surface area contributed by atoms with Crippen molar-refractivity contribution in [3.63, 3.8) is 0 Å². The zero-order valence-corrected chi connectivity index (χ0v) is 45.9. The van der Waals surface area contributed by atoms with Crippen LogP contribution in [-0.2, 0) is 40.5 Å². The number of nitrogens with two attached hydrogens (primary N) is 2. The maximum Gasteiger partial charge on any atom is 1.00 e. The first kappa shape index (κ1) is 58.4. The van der Waals surface area contributed by atoms with Gasteiger partial charge in [-0.2, -0.15) is 27.1 Å². The summed E-state index contributed by atoms with van der Waals surface area (Å²) in [7, 11) is -19.1.